The van der Waals surface area contributed by atoms with Gasteiger partial charge in [-0.25, -0.2) is 0 Å². The van der Waals surface area contributed by atoms with E-state index in [9.17, 15) is 23.2 Å². The molecule has 9 heteroatoms. The van der Waals surface area contributed by atoms with Crippen molar-refractivity contribution < 1.29 is 22.7 Å². The van der Waals surface area contributed by atoms with Crippen LogP contribution in [-0.2, 0) is 21.6 Å². The van der Waals surface area contributed by atoms with Crippen molar-refractivity contribution in [2.45, 2.75) is 31.5 Å². The van der Waals surface area contributed by atoms with Crippen LogP contribution in [0.25, 0.3) is 0 Å². The number of rotatable bonds is 4. The maximum absolute atomic E-state index is 14.2. The van der Waals surface area contributed by atoms with Gasteiger partial charge in [-0.05, 0) is 35.4 Å². The Bertz CT molecular complexity index is 1060. The minimum Gasteiger partial charge on any atom is -0.461 e. The van der Waals surface area contributed by atoms with Crippen molar-refractivity contribution in [2.75, 3.05) is 6.54 Å². The Labute approximate surface area is 188 Å². The number of alkyl halides is 3. The van der Waals surface area contributed by atoms with Gasteiger partial charge < -0.3 is 4.74 Å². The highest BCUT2D eigenvalue weighted by atomic mass is 79.9. The third kappa shape index (κ3) is 4.44. The number of nitriles is 1. The second kappa shape index (κ2) is 8.52. The fraction of sp³-hybridized carbons (Fsp3) is 0.286. The lowest BCUT2D eigenvalue weighted by atomic mass is 9.76. The van der Waals surface area contributed by atoms with Crippen LogP contribution in [0.15, 0.2) is 50.3 Å². The molecule has 1 aliphatic rings. The molecule has 0 fully saturated rings. The first kappa shape index (κ1) is 22.5. The summed E-state index contributed by atoms with van der Waals surface area (Å²) in [6.45, 7) is 0.736. The number of nitrogens with zero attached hydrogens (tertiary/aromatic N) is 2. The molecule has 30 heavy (non-hydrogen) atoms. The highest BCUT2D eigenvalue weighted by Gasteiger charge is 2.58. The summed E-state index contributed by atoms with van der Waals surface area (Å²) in [7, 11) is 0. The van der Waals surface area contributed by atoms with Crippen LogP contribution in [-0.4, -0.2) is 24.4 Å². The summed E-state index contributed by atoms with van der Waals surface area (Å²) in [6, 6.07) is 11.2. The summed E-state index contributed by atoms with van der Waals surface area (Å²) >= 11 is 6.51. The van der Waals surface area contributed by atoms with Crippen molar-refractivity contribution >= 4 is 43.5 Å². The Morgan fingerprint density at radius 2 is 1.90 bits per heavy atom. The van der Waals surface area contributed by atoms with Gasteiger partial charge in [0, 0.05) is 33.6 Å². The van der Waals surface area contributed by atoms with Gasteiger partial charge in [-0.3, -0.25) is 9.79 Å². The van der Waals surface area contributed by atoms with E-state index in [1.807, 2.05) is 6.07 Å². The molecule has 4 nitrogen and oxygen atoms in total. The molecule has 0 N–H and O–H groups in total. The molecule has 0 aliphatic carbocycles. The zero-order valence-electron chi connectivity index (χ0n) is 15.7. The lowest BCUT2D eigenvalue weighted by Gasteiger charge is -2.32. The van der Waals surface area contributed by atoms with E-state index in [1.165, 1.54) is 25.1 Å². The molecule has 1 heterocycles. The number of carbonyl (C=O) groups excluding carboxylic acids is 1. The van der Waals surface area contributed by atoms with Crippen molar-refractivity contribution in [3.63, 3.8) is 0 Å². The molecule has 0 spiro atoms. The molecule has 1 atom stereocenters. The highest BCUT2D eigenvalue weighted by Crippen LogP contribution is 2.48. The Kier molecular flexibility index (Phi) is 6.39. The fourth-order valence-electron chi connectivity index (χ4n) is 3.36. The van der Waals surface area contributed by atoms with E-state index in [2.05, 4.69) is 36.9 Å². The average Bonchev–Trinajstić information content (AvgIpc) is 3.12. The summed E-state index contributed by atoms with van der Waals surface area (Å²) < 4.78 is 48.7. The molecule has 156 valence electrons. The Morgan fingerprint density at radius 1 is 1.23 bits per heavy atom. The predicted molar refractivity (Wildman–Crippen MR) is 112 cm³/mol. The molecule has 0 amide bonds. The second-order valence-corrected chi connectivity index (χ2v) is 8.77. The zero-order valence-corrected chi connectivity index (χ0v) is 18.9. The quantitative estimate of drug-likeness (QED) is 0.455. The monoisotopic (exact) mass is 542 g/mol. The minimum absolute atomic E-state index is 0.0798. The van der Waals surface area contributed by atoms with Gasteiger partial charge in [0.25, 0.3) is 0 Å². The molecular weight excluding hydrogens is 529 g/mol. The van der Waals surface area contributed by atoms with E-state index >= 15 is 0 Å². The van der Waals surface area contributed by atoms with E-state index < -0.39 is 24.1 Å². The molecule has 1 unspecified atom stereocenters. The van der Waals surface area contributed by atoms with Crippen molar-refractivity contribution in [1.29, 1.82) is 5.26 Å². The number of hydrogen-bond acceptors (Lipinski definition) is 4. The lowest BCUT2D eigenvalue weighted by Crippen LogP contribution is -2.43. The largest absolute Gasteiger partial charge is 0.461 e. The first-order valence-corrected chi connectivity index (χ1v) is 10.4. The highest BCUT2D eigenvalue weighted by molar-refractivity contribution is 9.11. The molecule has 0 bridgehead atoms. The van der Waals surface area contributed by atoms with Crippen molar-refractivity contribution in [3.05, 3.63) is 67.6 Å². The normalized spacial score (nSPS) is 18.6. The number of halogens is 5. The molecule has 0 aromatic heterocycles. The minimum atomic E-state index is -4.52. The molecule has 1 aliphatic heterocycles. The Hall–Kier alpha value is -2.18. The molecule has 2 aromatic carbocycles. The Morgan fingerprint density at radius 3 is 2.47 bits per heavy atom. The number of esters is 1. The predicted octanol–water partition coefficient (Wildman–Crippen LogP) is 5.84. The number of carbonyl (C=O) groups is 1. The zero-order chi connectivity index (χ0) is 22.1. The number of ether oxygens (including phenoxy) is 1. The van der Waals surface area contributed by atoms with Crippen LogP contribution in [0.2, 0.25) is 0 Å². The van der Waals surface area contributed by atoms with Gasteiger partial charge in [-0.2, -0.15) is 18.4 Å². The van der Waals surface area contributed by atoms with Crippen LogP contribution in [0.4, 0.5) is 13.2 Å². The maximum atomic E-state index is 14.2. The van der Waals surface area contributed by atoms with Gasteiger partial charge in [-0.1, -0.05) is 44.0 Å². The maximum Gasteiger partial charge on any atom is 0.400 e. The number of hydrogen-bond donors (Lipinski definition) is 0. The van der Waals surface area contributed by atoms with Gasteiger partial charge in [-0.15, -0.1) is 0 Å². The van der Waals surface area contributed by atoms with Gasteiger partial charge in [0.2, 0.25) is 0 Å². The smallest absolute Gasteiger partial charge is 0.400 e. The molecule has 0 saturated heterocycles. The van der Waals surface area contributed by atoms with Crippen molar-refractivity contribution in [1.82, 2.24) is 0 Å². The molecule has 0 radical (unpaired) electrons. The third-order valence-electron chi connectivity index (χ3n) is 4.96. The van der Waals surface area contributed by atoms with Crippen LogP contribution < -0.4 is 0 Å². The molecular formula is C21H15Br2F3N2O2. The van der Waals surface area contributed by atoms with E-state index in [1.54, 1.807) is 18.2 Å². The van der Waals surface area contributed by atoms with Gasteiger partial charge in [0.1, 0.15) is 12.0 Å². The Balaban J connectivity index is 1.96. The van der Waals surface area contributed by atoms with Crippen molar-refractivity contribution in [2.24, 2.45) is 4.99 Å². The second-order valence-electron chi connectivity index (χ2n) is 6.94. The van der Waals surface area contributed by atoms with E-state index in [4.69, 9.17) is 4.74 Å². The summed E-state index contributed by atoms with van der Waals surface area (Å²) in [5.74, 6) is -0.488. The van der Waals surface area contributed by atoms with E-state index in [-0.39, 0.29) is 29.9 Å². The van der Waals surface area contributed by atoms with Gasteiger partial charge >= 0.3 is 12.1 Å². The van der Waals surface area contributed by atoms with E-state index in [0.29, 0.717) is 20.1 Å². The fourth-order valence-corrected chi connectivity index (χ4v) is 4.66. The molecule has 0 saturated carbocycles. The summed E-state index contributed by atoms with van der Waals surface area (Å²) in [4.78, 5) is 15.2. The van der Waals surface area contributed by atoms with Gasteiger partial charge in [0.15, 0.2) is 0 Å². The molecule has 2 aromatic rings. The first-order chi connectivity index (χ1) is 14.1. The van der Waals surface area contributed by atoms with Crippen LogP contribution in [0.5, 0.6) is 0 Å². The standard InChI is InChI=1S/C21H15Br2F3N2O2/c1-12(29)30-10-14-3-2-13(4-15(14)9-27)19-8-20(11-28-19,21(24,25)26)16-5-17(22)7-18(23)6-16/h2-7H,8,10-11H2,1H3. The summed E-state index contributed by atoms with van der Waals surface area (Å²) in [5.41, 5.74) is -0.615. The third-order valence-corrected chi connectivity index (χ3v) is 5.88. The van der Waals surface area contributed by atoms with E-state index in [0.717, 1.165) is 0 Å². The first-order valence-electron chi connectivity index (χ1n) is 8.79. The van der Waals surface area contributed by atoms with Crippen molar-refractivity contribution in [3.8, 4) is 6.07 Å². The molecule has 3 rings (SSSR count). The van der Waals surface area contributed by atoms with Crippen LogP contribution in [0, 0.1) is 11.3 Å². The summed E-state index contributed by atoms with van der Waals surface area (Å²) in [5, 5.41) is 9.40. The number of benzene rings is 2. The van der Waals surface area contributed by atoms with Crippen LogP contribution in [0.3, 0.4) is 0 Å². The lowest BCUT2D eigenvalue weighted by molar-refractivity contribution is -0.183. The topological polar surface area (TPSA) is 62.4 Å². The summed E-state index contributed by atoms with van der Waals surface area (Å²) in [6.07, 6.45) is -4.86. The SMILES string of the molecule is CC(=O)OCc1ccc(C2=NCC(c3cc(Br)cc(Br)c3)(C(F)(F)F)C2)cc1C#N. The van der Waals surface area contributed by atoms with Crippen LogP contribution in [0.1, 0.15) is 35.6 Å². The van der Waals surface area contributed by atoms with Crippen LogP contribution >= 0.6 is 31.9 Å². The van der Waals surface area contributed by atoms with Gasteiger partial charge in [0.05, 0.1) is 18.2 Å². The number of aliphatic imine (C=N–C) groups is 1. The average molecular weight is 544 g/mol.